The van der Waals surface area contributed by atoms with E-state index in [0.29, 0.717) is 11.8 Å². The summed E-state index contributed by atoms with van der Waals surface area (Å²) in [6.07, 6.45) is 2.99. The van der Waals surface area contributed by atoms with Gasteiger partial charge in [0.05, 0.1) is 5.69 Å². The number of hydrogen-bond acceptors (Lipinski definition) is 4. The summed E-state index contributed by atoms with van der Waals surface area (Å²) in [6.45, 7) is 13.8. The van der Waals surface area contributed by atoms with Crippen LogP contribution in [0.2, 0.25) is 0 Å². The Balaban J connectivity index is 1.81. The van der Waals surface area contributed by atoms with Crippen molar-refractivity contribution in [2.24, 2.45) is 11.3 Å². The maximum atomic E-state index is 12.0. The SMILES string of the molecule is CC(C)c1nccc(CN2CC[C@H](CNC(=O)C(C)(C)C)C2)n1. The van der Waals surface area contributed by atoms with Crippen LogP contribution in [-0.4, -0.2) is 40.4 Å². The molecule has 0 aliphatic carbocycles. The zero-order chi connectivity index (χ0) is 17.0. The zero-order valence-electron chi connectivity index (χ0n) is 15.1. The molecule has 1 aliphatic heterocycles. The van der Waals surface area contributed by atoms with Crippen LogP contribution >= 0.6 is 0 Å². The van der Waals surface area contributed by atoms with E-state index < -0.39 is 0 Å². The fourth-order valence-electron chi connectivity index (χ4n) is 2.73. The number of nitrogens with one attached hydrogen (secondary N) is 1. The Bertz CT molecular complexity index is 536. The molecule has 0 spiro atoms. The van der Waals surface area contributed by atoms with E-state index in [4.69, 9.17) is 0 Å². The van der Waals surface area contributed by atoms with Crippen LogP contribution in [0.25, 0.3) is 0 Å². The van der Waals surface area contributed by atoms with Gasteiger partial charge in [-0.2, -0.15) is 0 Å². The van der Waals surface area contributed by atoms with Crippen LogP contribution < -0.4 is 5.32 Å². The minimum absolute atomic E-state index is 0.133. The van der Waals surface area contributed by atoms with E-state index in [1.165, 1.54) is 0 Å². The molecule has 23 heavy (non-hydrogen) atoms. The fraction of sp³-hybridized carbons (Fsp3) is 0.722. The number of carbonyl (C=O) groups excluding carboxylic acids is 1. The molecule has 1 N–H and O–H groups in total. The van der Waals surface area contributed by atoms with Gasteiger partial charge < -0.3 is 5.32 Å². The quantitative estimate of drug-likeness (QED) is 0.906. The molecule has 0 bridgehead atoms. The Morgan fingerprint density at radius 3 is 2.83 bits per heavy atom. The van der Waals surface area contributed by atoms with Crippen molar-refractivity contribution in [3.8, 4) is 0 Å². The summed E-state index contributed by atoms with van der Waals surface area (Å²) >= 11 is 0. The number of hydrogen-bond donors (Lipinski definition) is 1. The van der Waals surface area contributed by atoms with E-state index in [1.807, 2.05) is 33.0 Å². The van der Waals surface area contributed by atoms with Crippen LogP contribution in [0.5, 0.6) is 0 Å². The number of amides is 1. The highest BCUT2D eigenvalue weighted by atomic mass is 16.2. The number of nitrogens with zero attached hydrogens (tertiary/aromatic N) is 3. The van der Waals surface area contributed by atoms with Crippen LogP contribution in [0.4, 0.5) is 0 Å². The number of carbonyl (C=O) groups is 1. The smallest absolute Gasteiger partial charge is 0.225 e. The molecule has 128 valence electrons. The maximum Gasteiger partial charge on any atom is 0.225 e. The standard InChI is InChI=1S/C18H30N4O/c1-13(2)16-19-8-6-15(21-16)12-22-9-7-14(11-22)10-20-17(23)18(3,4)5/h6,8,13-14H,7,9-12H2,1-5H3,(H,20,23)/t14-/m1/s1. The van der Waals surface area contributed by atoms with Gasteiger partial charge in [-0.3, -0.25) is 9.69 Å². The highest BCUT2D eigenvalue weighted by Crippen LogP contribution is 2.19. The van der Waals surface area contributed by atoms with Crippen molar-refractivity contribution < 1.29 is 4.79 Å². The van der Waals surface area contributed by atoms with E-state index in [9.17, 15) is 4.79 Å². The van der Waals surface area contributed by atoms with Gasteiger partial charge in [0, 0.05) is 37.2 Å². The second kappa shape index (κ2) is 7.39. The maximum absolute atomic E-state index is 12.0. The van der Waals surface area contributed by atoms with E-state index in [1.54, 1.807) is 0 Å². The summed E-state index contributed by atoms with van der Waals surface area (Å²) in [5.74, 6) is 1.94. The summed E-state index contributed by atoms with van der Waals surface area (Å²) in [5.41, 5.74) is 0.773. The van der Waals surface area contributed by atoms with Crippen molar-refractivity contribution in [3.63, 3.8) is 0 Å². The average molecular weight is 318 g/mol. The van der Waals surface area contributed by atoms with Gasteiger partial charge in [-0.15, -0.1) is 0 Å². The number of rotatable bonds is 5. The first-order chi connectivity index (χ1) is 10.8. The lowest BCUT2D eigenvalue weighted by molar-refractivity contribution is -0.128. The number of likely N-dealkylation sites (tertiary alicyclic amines) is 1. The molecule has 1 atom stereocenters. The van der Waals surface area contributed by atoms with Crippen LogP contribution in [-0.2, 0) is 11.3 Å². The Hall–Kier alpha value is -1.49. The second-order valence-electron chi connectivity index (χ2n) is 7.91. The van der Waals surface area contributed by atoms with E-state index in [0.717, 1.165) is 44.1 Å². The molecule has 1 aliphatic rings. The Labute approximate surface area is 139 Å². The van der Waals surface area contributed by atoms with Crippen molar-refractivity contribution in [3.05, 3.63) is 23.8 Å². The minimum atomic E-state index is -0.313. The molecule has 5 nitrogen and oxygen atoms in total. The molecule has 2 rings (SSSR count). The highest BCUT2D eigenvalue weighted by Gasteiger charge is 2.26. The van der Waals surface area contributed by atoms with Gasteiger partial charge in [-0.25, -0.2) is 9.97 Å². The Kier molecular flexibility index (Phi) is 5.74. The molecule has 1 aromatic heterocycles. The first-order valence-electron chi connectivity index (χ1n) is 8.58. The molecule has 0 aromatic carbocycles. The van der Waals surface area contributed by atoms with E-state index >= 15 is 0 Å². The number of aromatic nitrogens is 2. The largest absolute Gasteiger partial charge is 0.355 e. The van der Waals surface area contributed by atoms with Crippen molar-refractivity contribution in [2.75, 3.05) is 19.6 Å². The molecule has 1 saturated heterocycles. The normalized spacial score (nSPS) is 19.3. The summed E-state index contributed by atoms with van der Waals surface area (Å²) < 4.78 is 0. The average Bonchev–Trinajstić information content (AvgIpc) is 2.91. The first-order valence-corrected chi connectivity index (χ1v) is 8.58. The predicted octanol–water partition coefficient (Wildman–Crippen LogP) is 2.58. The van der Waals surface area contributed by atoms with E-state index in [-0.39, 0.29) is 11.3 Å². The predicted molar refractivity (Wildman–Crippen MR) is 92.0 cm³/mol. The van der Waals surface area contributed by atoms with Crippen molar-refractivity contribution >= 4 is 5.91 Å². The van der Waals surface area contributed by atoms with Crippen molar-refractivity contribution in [1.29, 1.82) is 0 Å². The molecule has 0 radical (unpaired) electrons. The highest BCUT2D eigenvalue weighted by molar-refractivity contribution is 5.81. The molecule has 2 heterocycles. The third kappa shape index (κ3) is 5.27. The molecule has 1 fully saturated rings. The summed E-state index contributed by atoms with van der Waals surface area (Å²) in [7, 11) is 0. The molecular weight excluding hydrogens is 288 g/mol. The van der Waals surface area contributed by atoms with Crippen LogP contribution in [0.15, 0.2) is 12.3 Å². The summed E-state index contributed by atoms with van der Waals surface area (Å²) in [5, 5.41) is 3.08. The third-order valence-corrected chi connectivity index (χ3v) is 4.24. The van der Waals surface area contributed by atoms with Gasteiger partial charge in [-0.05, 0) is 24.9 Å². The Morgan fingerprint density at radius 1 is 1.43 bits per heavy atom. The van der Waals surface area contributed by atoms with Crippen LogP contribution in [0.1, 0.15) is 58.5 Å². The molecule has 5 heteroatoms. The molecule has 0 unspecified atom stereocenters. The lowest BCUT2D eigenvalue weighted by Gasteiger charge is -2.20. The van der Waals surface area contributed by atoms with Gasteiger partial charge in [0.25, 0.3) is 0 Å². The first kappa shape index (κ1) is 17.9. The molecular formula is C18H30N4O. The monoisotopic (exact) mass is 318 g/mol. The minimum Gasteiger partial charge on any atom is -0.355 e. The third-order valence-electron chi connectivity index (χ3n) is 4.24. The van der Waals surface area contributed by atoms with Gasteiger partial charge in [0.15, 0.2) is 0 Å². The zero-order valence-corrected chi connectivity index (χ0v) is 15.1. The fourth-order valence-corrected chi connectivity index (χ4v) is 2.73. The van der Waals surface area contributed by atoms with Crippen LogP contribution in [0.3, 0.4) is 0 Å². The molecule has 0 saturated carbocycles. The van der Waals surface area contributed by atoms with Gasteiger partial charge >= 0.3 is 0 Å². The second-order valence-corrected chi connectivity index (χ2v) is 7.91. The molecule has 1 amide bonds. The van der Waals surface area contributed by atoms with Crippen molar-refractivity contribution in [2.45, 2.75) is 53.5 Å². The van der Waals surface area contributed by atoms with Gasteiger partial charge in [0.2, 0.25) is 5.91 Å². The topological polar surface area (TPSA) is 58.1 Å². The Morgan fingerprint density at radius 2 is 2.17 bits per heavy atom. The molecule has 1 aromatic rings. The van der Waals surface area contributed by atoms with Crippen LogP contribution in [0, 0.1) is 11.3 Å². The van der Waals surface area contributed by atoms with Gasteiger partial charge in [0.1, 0.15) is 5.82 Å². The lowest BCUT2D eigenvalue weighted by atomic mass is 9.95. The lowest BCUT2D eigenvalue weighted by Crippen LogP contribution is -2.38. The van der Waals surface area contributed by atoms with Gasteiger partial charge in [-0.1, -0.05) is 34.6 Å². The van der Waals surface area contributed by atoms with E-state index in [2.05, 4.69) is 34.0 Å². The van der Waals surface area contributed by atoms with Crippen molar-refractivity contribution in [1.82, 2.24) is 20.2 Å². The summed E-state index contributed by atoms with van der Waals surface area (Å²) in [4.78, 5) is 23.3. The summed E-state index contributed by atoms with van der Waals surface area (Å²) in [6, 6.07) is 2.00.